The molecule has 0 spiro atoms. The fourth-order valence-corrected chi connectivity index (χ4v) is 6.46. The number of aryl methyl sites for hydroxylation is 1. The number of fused-ring (bicyclic) bond motifs is 3. The van der Waals surface area contributed by atoms with Gasteiger partial charge < -0.3 is 25.7 Å². The first-order chi connectivity index (χ1) is 18.2. The molecule has 0 heterocycles. The van der Waals surface area contributed by atoms with Crippen LogP contribution in [0.3, 0.4) is 0 Å². The number of nitrogens with one attached hydrogen (secondary N) is 1. The van der Waals surface area contributed by atoms with Gasteiger partial charge in [0.1, 0.15) is 22.8 Å². The molecule has 2 aliphatic carbocycles. The number of aliphatic hydroxyl groups excluding tert-OH is 1. The van der Waals surface area contributed by atoms with Crippen molar-refractivity contribution in [3.8, 4) is 11.5 Å². The Morgan fingerprint density at radius 1 is 1.05 bits per heavy atom. The molecular formula is C30H37ClN2O7. The molecule has 0 fully saturated rings. The van der Waals surface area contributed by atoms with E-state index in [1.54, 1.807) is 47.9 Å². The molecule has 2 aliphatic rings. The average molecular weight is 573 g/mol. The van der Waals surface area contributed by atoms with Crippen LogP contribution in [0.25, 0.3) is 10.8 Å². The Bertz CT molecular complexity index is 1530. The zero-order valence-electron chi connectivity index (χ0n) is 24.3. The Balaban J connectivity index is 2.09. The fraction of sp³-hybridized carbons (Fsp3) is 0.500. The van der Waals surface area contributed by atoms with E-state index in [1.807, 2.05) is 20.8 Å². The predicted molar refractivity (Wildman–Crippen MR) is 152 cm³/mol. The standard InChI is InChI=1S/C30H37ClN2O7/c1-12-13-10-14-21(33(8)9)24(36)20(27(39)32-29(5,6)7)26(38)30(14,40)25(37)18(13)23(35)19-17(12)16(31)11-15(22(19)34)28(2,3)4/h11,14,21,34-35,38,40H,10H2,1-9H3,(H,32,39)/t14-,21-,30-/m0/s1. The monoisotopic (exact) mass is 572 g/mol. The van der Waals surface area contributed by atoms with Gasteiger partial charge >= 0.3 is 0 Å². The van der Waals surface area contributed by atoms with E-state index in [0.29, 0.717) is 22.1 Å². The second-order valence-corrected chi connectivity index (χ2v) is 13.6. The lowest BCUT2D eigenvalue weighted by Gasteiger charge is -2.48. The summed E-state index contributed by atoms with van der Waals surface area (Å²) in [5.41, 5.74) is -3.77. The third-order valence-electron chi connectivity index (χ3n) is 7.96. The number of carbonyl (C=O) groups excluding carboxylic acids is 3. The highest BCUT2D eigenvalue weighted by atomic mass is 35.5. The minimum Gasteiger partial charge on any atom is -0.508 e. The van der Waals surface area contributed by atoms with Crippen LogP contribution in [0, 0.1) is 12.8 Å². The van der Waals surface area contributed by atoms with Crippen LogP contribution in [-0.4, -0.2) is 74.1 Å². The summed E-state index contributed by atoms with van der Waals surface area (Å²) in [6.07, 6.45) is -0.0994. The van der Waals surface area contributed by atoms with E-state index < -0.39 is 63.1 Å². The molecular weight excluding hydrogens is 536 g/mol. The molecule has 2 aromatic carbocycles. The number of aliphatic hydroxyl groups is 2. The van der Waals surface area contributed by atoms with Crippen LogP contribution < -0.4 is 5.32 Å². The number of carbonyl (C=O) groups is 3. The number of aromatic hydroxyl groups is 2. The van der Waals surface area contributed by atoms with E-state index in [4.69, 9.17) is 11.6 Å². The van der Waals surface area contributed by atoms with E-state index in [2.05, 4.69) is 5.32 Å². The molecule has 3 atom stereocenters. The number of hydrogen-bond acceptors (Lipinski definition) is 8. The van der Waals surface area contributed by atoms with E-state index in [9.17, 15) is 34.8 Å². The van der Waals surface area contributed by atoms with Crippen LogP contribution in [0.1, 0.15) is 68.6 Å². The van der Waals surface area contributed by atoms with E-state index >= 15 is 0 Å². The smallest absolute Gasteiger partial charge is 0.258 e. The summed E-state index contributed by atoms with van der Waals surface area (Å²) >= 11 is 6.68. The predicted octanol–water partition coefficient (Wildman–Crippen LogP) is 3.84. The molecule has 0 radical (unpaired) electrons. The Morgan fingerprint density at radius 3 is 2.12 bits per heavy atom. The van der Waals surface area contributed by atoms with Gasteiger partial charge in [-0.05, 0) is 70.8 Å². The van der Waals surface area contributed by atoms with Gasteiger partial charge in [-0.1, -0.05) is 32.4 Å². The van der Waals surface area contributed by atoms with Gasteiger partial charge in [0.05, 0.1) is 17.0 Å². The molecule has 9 nitrogen and oxygen atoms in total. The molecule has 5 N–H and O–H groups in total. The summed E-state index contributed by atoms with van der Waals surface area (Å²) in [4.78, 5) is 42.6. The molecule has 0 aliphatic heterocycles. The van der Waals surface area contributed by atoms with Gasteiger partial charge in [-0.3, -0.25) is 19.3 Å². The summed E-state index contributed by atoms with van der Waals surface area (Å²) in [6.45, 7) is 12.3. The van der Waals surface area contributed by atoms with Crippen molar-refractivity contribution in [3.63, 3.8) is 0 Å². The highest BCUT2D eigenvalue weighted by Gasteiger charge is 2.62. The first-order valence-electron chi connectivity index (χ1n) is 13.1. The van der Waals surface area contributed by atoms with Crippen molar-refractivity contribution in [2.75, 3.05) is 14.1 Å². The number of ketones is 2. The molecule has 4 rings (SSSR count). The van der Waals surface area contributed by atoms with Gasteiger partial charge in [0.25, 0.3) is 5.91 Å². The van der Waals surface area contributed by atoms with Gasteiger partial charge in [-0.2, -0.15) is 0 Å². The number of Topliss-reactive ketones (excluding diaryl/α,β-unsaturated/α-hetero) is 2. The van der Waals surface area contributed by atoms with Gasteiger partial charge in [-0.15, -0.1) is 0 Å². The van der Waals surface area contributed by atoms with Crippen LogP contribution in [0.15, 0.2) is 17.4 Å². The second kappa shape index (κ2) is 9.19. The van der Waals surface area contributed by atoms with Crippen LogP contribution in [0.2, 0.25) is 5.02 Å². The number of hydrogen-bond donors (Lipinski definition) is 5. The zero-order valence-corrected chi connectivity index (χ0v) is 25.0. The van der Waals surface area contributed by atoms with Crippen molar-refractivity contribution in [3.05, 3.63) is 44.7 Å². The average Bonchev–Trinajstić information content (AvgIpc) is 2.78. The van der Waals surface area contributed by atoms with E-state index in [1.165, 1.54) is 4.90 Å². The topological polar surface area (TPSA) is 147 Å². The number of likely N-dealkylation sites (N-methyl/N-ethyl adjacent to an activating group) is 1. The maximum Gasteiger partial charge on any atom is 0.258 e. The first-order valence-corrected chi connectivity index (χ1v) is 13.5. The molecule has 0 bridgehead atoms. The summed E-state index contributed by atoms with van der Waals surface area (Å²) in [5.74, 6) is -5.82. The third-order valence-corrected chi connectivity index (χ3v) is 8.26. The Morgan fingerprint density at radius 2 is 1.62 bits per heavy atom. The summed E-state index contributed by atoms with van der Waals surface area (Å²) < 4.78 is 0. The van der Waals surface area contributed by atoms with Crippen molar-refractivity contribution in [1.82, 2.24) is 10.2 Å². The Labute approximate surface area is 238 Å². The summed E-state index contributed by atoms with van der Waals surface area (Å²) in [5, 5.41) is 49.3. The van der Waals surface area contributed by atoms with Crippen LogP contribution in [0.5, 0.6) is 11.5 Å². The lowest BCUT2D eigenvalue weighted by molar-refractivity contribution is -0.133. The number of phenols is 2. The summed E-state index contributed by atoms with van der Waals surface area (Å²) in [7, 11) is 3.16. The van der Waals surface area contributed by atoms with Crippen molar-refractivity contribution in [1.29, 1.82) is 0 Å². The molecule has 2 aromatic rings. The normalized spacial score (nSPS) is 23.5. The number of halogens is 1. The maximum absolute atomic E-state index is 14.2. The summed E-state index contributed by atoms with van der Waals surface area (Å²) in [6, 6.07) is 0.476. The Hall–Kier alpha value is -3.14. The molecule has 1 amide bonds. The lowest BCUT2D eigenvalue weighted by atomic mass is 9.61. The molecule has 0 saturated carbocycles. The van der Waals surface area contributed by atoms with E-state index in [0.717, 1.165) is 0 Å². The van der Waals surface area contributed by atoms with Crippen LogP contribution in [0.4, 0.5) is 0 Å². The highest BCUT2D eigenvalue weighted by Crippen LogP contribution is 2.53. The molecule has 0 aromatic heterocycles. The molecule has 0 saturated heterocycles. The van der Waals surface area contributed by atoms with Gasteiger partial charge in [-0.25, -0.2) is 0 Å². The van der Waals surface area contributed by atoms with Crippen LogP contribution in [-0.2, 0) is 21.4 Å². The Kier molecular flexibility index (Phi) is 6.85. The van der Waals surface area contributed by atoms with Crippen molar-refractivity contribution in [2.45, 2.75) is 77.5 Å². The van der Waals surface area contributed by atoms with Crippen LogP contribution >= 0.6 is 11.6 Å². The largest absolute Gasteiger partial charge is 0.508 e. The van der Waals surface area contributed by atoms with Gasteiger partial charge in [0, 0.05) is 27.4 Å². The lowest BCUT2D eigenvalue weighted by Crippen LogP contribution is -2.65. The molecule has 216 valence electrons. The quantitative estimate of drug-likeness (QED) is 0.341. The van der Waals surface area contributed by atoms with Gasteiger partial charge in [0.2, 0.25) is 5.78 Å². The number of benzene rings is 2. The fourth-order valence-electron chi connectivity index (χ4n) is 6.12. The zero-order chi connectivity index (χ0) is 30.4. The number of nitrogens with zero attached hydrogens (tertiary/aromatic N) is 1. The van der Waals surface area contributed by atoms with Crippen molar-refractivity contribution < 1.29 is 34.8 Å². The number of phenolic OH excluding ortho intramolecular Hbond substituents is 2. The van der Waals surface area contributed by atoms with E-state index in [-0.39, 0.29) is 28.1 Å². The second-order valence-electron chi connectivity index (χ2n) is 13.2. The molecule has 10 heteroatoms. The van der Waals surface area contributed by atoms with Crippen molar-refractivity contribution in [2.24, 2.45) is 5.92 Å². The molecule has 40 heavy (non-hydrogen) atoms. The minimum atomic E-state index is -2.70. The molecule has 0 unspecified atom stereocenters. The number of amides is 1. The minimum absolute atomic E-state index is 0.0470. The van der Waals surface area contributed by atoms with Gasteiger partial charge in [0.15, 0.2) is 11.4 Å². The first kappa shape index (κ1) is 29.8. The highest BCUT2D eigenvalue weighted by molar-refractivity contribution is 6.37. The maximum atomic E-state index is 14.2. The SMILES string of the molecule is Cc1c2c(c(O)c3c(O)c(C(C)(C)C)cc(Cl)c13)C(=O)[C@]1(O)C(O)=C(C(=O)NC(C)(C)C)C(=O)[C@@H](N(C)C)[C@@H]1C2. The van der Waals surface area contributed by atoms with Crippen molar-refractivity contribution >= 4 is 39.8 Å². The number of rotatable bonds is 2. The third kappa shape index (κ3) is 4.17.